The second-order valence-electron chi connectivity index (χ2n) is 7.02. The van der Waals surface area contributed by atoms with Crippen LogP contribution >= 0.6 is 0 Å². The number of H-pyrrole nitrogens is 1. The molecule has 3 N–H and O–H groups in total. The molecular weight excluding hydrogens is 302 g/mol. The second-order valence-corrected chi connectivity index (χ2v) is 7.02. The first-order valence-electron chi connectivity index (χ1n) is 8.51. The molecule has 3 atom stereocenters. The van der Waals surface area contributed by atoms with Crippen molar-refractivity contribution in [3.8, 4) is 0 Å². The van der Waals surface area contributed by atoms with Crippen LogP contribution in [0.15, 0.2) is 30.5 Å². The highest BCUT2D eigenvalue weighted by Gasteiger charge is 2.35. The van der Waals surface area contributed by atoms with Gasteiger partial charge in [-0.15, -0.1) is 0 Å². The SMILES string of the molecule is CC(CO)NC(=O)[C@@H]1C=C2c3cccc4[nH]cc(c34)C[C@@H]2N(C)C1. The van der Waals surface area contributed by atoms with Gasteiger partial charge in [0.25, 0.3) is 0 Å². The van der Waals surface area contributed by atoms with E-state index in [1.807, 2.05) is 6.92 Å². The molecule has 2 aromatic rings. The van der Waals surface area contributed by atoms with E-state index in [0.717, 1.165) is 11.9 Å². The number of hydrogen-bond donors (Lipinski definition) is 3. The maximum atomic E-state index is 12.5. The number of likely N-dealkylation sites (N-methyl/N-ethyl adjacent to an activating group) is 1. The van der Waals surface area contributed by atoms with Crippen molar-refractivity contribution in [2.24, 2.45) is 5.92 Å². The monoisotopic (exact) mass is 325 g/mol. The lowest BCUT2D eigenvalue weighted by Gasteiger charge is -2.39. The fourth-order valence-electron chi connectivity index (χ4n) is 4.01. The van der Waals surface area contributed by atoms with Gasteiger partial charge in [0.1, 0.15) is 0 Å². The normalized spacial score (nSPS) is 24.4. The summed E-state index contributed by atoms with van der Waals surface area (Å²) in [6.07, 6.45) is 5.22. The Morgan fingerprint density at radius 3 is 3.12 bits per heavy atom. The lowest BCUT2D eigenvalue weighted by Crippen LogP contribution is -2.48. The number of nitrogens with zero attached hydrogens (tertiary/aromatic N) is 1. The van der Waals surface area contributed by atoms with E-state index in [-0.39, 0.29) is 24.5 Å². The molecule has 0 bridgehead atoms. The van der Waals surface area contributed by atoms with Gasteiger partial charge in [-0.1, -0.05) is 18.2 Å². The number of hydrogen-bond acceptors (Lipinski definition) is 3. The van der Waals surface area contributed by atoms with Crippen molar-refractivity contribution in [1.82, 2.24) is 15.2 Å². The summed E-state index contributed by atoms with van der Waals surface area (Å²) >= 11 is 0. The highest BCUT2D eigenvalue weighted by atomic mass is 16.3. The van der Waals surface area contributed by atoms with Crippen molar-refractivity contribution < 1.29 is 9.90 Å². The number of aliphatic hydroxyl groups excluding tert-OH is 1. The number of aromatic nitrogens is 1. The highest BCUT2D eigenvalue weighted by Crippen LogP contribution is 2.40. The van der Waals surface area contributed by atoms with Crippen LogP contribution in [0.2, 0.25) is 0 Å². The van der Waals surface area contributed by atoms with Gasteiger partial charge in [-0.3, -0.25) is 9.69 Å². The molecule has 2 heterocycles. The quantitative estimate of drug-likeness (QED) is 0.802. The number of carbonyl (C=O) groups is 1. The van der Waals surface area contributed by atoms with E-state index in [1.165, 1.54) is 22.1 Å². The van der Waals surface area contributed by atoms with Crippen LogP contribution in [-0.4, -0.2) is 53.2 Å². The average molecular weight is 325 g/mol. The molecule has 1 unspecified atom stereocenters. The molecule has 1 amide bonds. The number of benzene rings is 1. The summed E-state index contributed by atoms with van der Waals surface area (Å²) in [7, 11) is 2.09. The first-order valence-corrected chi connectivity index (χ1v) is 8.51. The zero-order valence-electron chi connectivity index (χ0n) is 14.0. The zero-order valence-corrected chi connectivity index (χ0v) is 14.0. The van der Waals surface area contributed by atoms with Gasteiger partial charge in [-0.25, -0.2) is 0 Å². The van der Waals surface area contributed by atoms with Crippen molar-refractivity contribution in [3.05, 3.63) is 41.6 Å². The molecule has 0 fully saturated rings. The number of amides is 1. The third-order valence-corrected chi connectivity index (χ3v) is 5.27. The van der Waals surface area contributed by atoms with E-state index in [1.54, 1.807) is 0 Å². The predicted octanol–water partition coefficient (Wildman–Crippen LogP) is 1.53. The largest absolute Gasteiger partial charge is 0.394 e. The van der Waals surface area contributed by atoms with Crippen LogP contribution in [0.4, 0.5) is 0 Å². The third kappa shape index (κ3) is 2.36. The van der Waals surface area contributed by atoms with Crippen molar-refractivity contribution in [1.29, 1.82) is 0 Å². The number of aliphatic hydroxyl groups is 1. The van der Waals surface area contributed by atoms with E-state index in [0.29, 0.717) is 12.6 Å². The Labute approximate surface area is 141 Å². The van der Waals surface area contributed by atoms with Crippen LogP contribution in [0, 0.1) is 5.92 Å². The van der Waals surface area contributed by atoms with Gasteiger partial charge in [-0.05, 0) is 43.2 Å². The molecule has 0 radical (unpaired) electrons. The molecule has 0 spiro atoms. The Balaban J connectivity index is 1.75. The first kappa shape index (κ1) is 15.4. The maximum Gasteiger partial charge on any atom is 0.228 e. The lowest BCUT2D eigenvalue weighted by molar-refractivity contribution is -0.125. The molecule has 5 heteroatoms. The molecule has 126 valence electrons. The van der Waals surface area contributed by atoms with E-state index < -0.39 is 0 Å². The molecule has 1 aliphatic carbocycles. The Morgan fingerprint density at radius 1 is 1.50 bits per heavy atom. The van der Waals surface area contributed by atoms with Crippen LogP contribution in [-0.2, 0) is 11.2 Å². The molecular formula is C19H23N3O2. The second kappa shape index (κ2) is 5.76. The summed E-state index contributed by atoms with van der Waals surface area (Å²) in [4.78, 5) is 18.2. The Morgan fingerprint density at radius 2 is 2.33 bits per heavy atom. The van der Waals surface area contributed by atoms with Crippen LogP contribution in [0.25, 0.3) is 16.5 Å². The first-order chi connectivity index (χ1) is 11.6. The fraction of sp³-hybridized carbons (Fsp3) is 0.421. The molecule has 1 aromatic heterocycles. The minimum Gasteiger partial charge on any atom is -0.394 e. The summed E-state index contributed by atoms with van der Waals surface area (Å²) < 4.78 is 0. The van der Waals surface area contributed by atoms with Gasteiger partial charge >= 0.3 is 0 Å². The van der Waals surface area contributed by atoms with E-state index >= 15 is 0 Å². The third-order valence-electron chi connectivity index (χ3n) is 5.27. The molecule has 4 rings (SSSR count). The zero-order chi connectivity index (χ0) is 16.8. The van der Waals surface area contributed by atoms with E-state index in [2.05, 4.69) is 52.7 Å². The van der Waals surface area contributed by atoms with Crippen LogP contribution < -0.4 is 5.32 Å². The van der Waals surface area contributed by atoms with Crippen molar-refractivity contribution in [2.45, 2.75) is 25.4 Å². The Kier molecular flexibility index (Phi) is 3.70. The molecule has 0 saturated carbocycles. The smallest absolute Gasteiger partial charge is 0.228 e. The van der Waals surface area contributed by atoms with Crippen molar-refractivity contribution in [3.63, 3.8) is 0 Å². The number of aromatic amines is 1. The lowest BCUT2D eigenvalue weighted by atomic mass is 9.80. The molecule has 1 aromatic carbocycles. The Bertz CT molecular complexity index is 823. The van der Waals surface area contributed by atoms with E-state index in [9.17, 15) is 4.79 Å². The van der Waals surface area contributed by atoms with Gasteiger partial charge in [-0.2, -0.15) is 0 Å². The molecule has 0 saturated heterocycles. The van der Waals surface area contributed by atoms with Gasteiger partial charge < -0.3 is 15.4 Å². The number of nitrogens with one attached hydrogen (secondary N) is 2. The fourth-order valence-corrected chi connectivity index (χ4v) is 4.01. The van der Waals surface area contributed by atoms with Crippen LogP contribution in [0.3, 0.4) is 0 Å². The number of rotatable bonds is 3. The minimum atomic E-state index is -0.218. The highest BCUT2D eigenvalue weighted by molar-refractivity contribution is 5.99. The molecule has 24 heavy (non-hydrogen) atoms. The number of carbonyl (C=O) groups excluding carboxylic acids is 1. The minimum absolute atomic E-state index is 0.0126. The molecule has 5 nitrogen and oxygen atoms in total. The molecule has 1 aliphatic heterocycles. The van der Waals surface area contributed by atoms with Gasteiger partial charge in [0.2, 0.25) is 5.91 Å². The summed E-state index contributed by atoms with van der Waals surface area (Å²) in [5, 5.41) is 13.3. The topological polar surface area (TPSA) is 68.4 Å². The summed E-state index contributed by atoms with van der Waals surface area (Å²) in [5.74, 6) is -0.201. The summed E-state index contributed by atoms with van der Waals surface area (Å²) in [5.41, 5.74) is 4.99. The van der Waals surface area contributed by atoms with Crippen LogP contribution in [0.1, 0.15) is 18.1 Å². The Hall–Kier alpha value is -2.11. The summed E-state index contributed by atoms with van der Waals surface area (Å²) in [6, 6.07) is 6.42. The van der Waals surface area contributed by atoms with Crippen LogP contribution in [0.5, 0.6) is 0 Å². The van der Waals surface area contributed by atoms with Crippen molar-refractivity contribution in [2.75, 3.05) is 20.2 Å². The standard InChI is InChI=1S/C19H23N3O2/c1-11(10-23)21-19(24)13-6-15-14-4-3-5-16-18(14)12(8-20-16)7-17(15)22(2)9-13/h3-6,8,11,13,17,20,23H,7,9-10H2,1-2H3,(H,21,24)/t11?,13-,17+/m1/s1. The maximum absolute atomic E-state index is 12.5. The van der Waals surface area contributed by atoms with E-state index in [4.69, 9.17) is 5.11 Å². The predicted molar refractivity (Wildman–Crippen MR) is 94.6 cm³/mol. The van der Waals surface area contributed by atoms with Gasteiger partial charge in [0, 0.05) is 35.7 Å². The van der Waals surface area contributed by atoms with Crippen molar-refractivity contribution >= 4 is 22.4 Å². The number of fused-ring (bicyclic) bond motifs is 2. The van der Waals surface area contributed by atoms with Gasteiger partial charge in [0.05, 0.1) is 12.5 Å². The molecule has 2 aliphatic rings. The average Bonchev–Trinajstić information content (AvgIpc) is 3.00. The van der Waals surface area contributed by atoms with Gasteiger partial charge in [0.15, 0.2) is 0 Å². The summed E-state index contributed by atoms with van der Waals surface area (Å²) in [6.45, 7) is 2.47.